The number of benzene rings is 1. The van der Waals surface area contributed by atoms with Gasteiger partial charge in [-0.1, -0.05) is 47.6 Å². The van der Waals surface area contributed by atoms with Crippen molar-refractivity contribution in [2.75, 3.05) is 5.73 Å². The number of aromatic nitrogens is 2. The molecule has 35 heavy (non-hydrogen) atoms. The molecule has 0 spiro atoms. The SMILES string of the molecule is C/C=C1/CC(C(C)=O)(c2cccnc2N)C/C1=C/C(=N)C(=O)NCc1cc(-c2ccccc2)no1. The van der Waals surface area contributed by atoms with E-state index in [0.29, 0.717) is 35.7 Å². The molecule has 0 bridgehead atoms. The second kappa shape index (κ2) is 9.89. The number of pyridine rings is 1. The molecular formula is C27H27N5O3. The zero-order chi connectivity index (χ0) is 25.0. The Morgan fingerprint density at radius 3 is 2.60 bits per heavy atom. The standard InChI is InChI=1S/C27H27N5O3/c1-3-18-14-27(17(2)33,22-10-7-11-30-25(22)29)15-20(18)12-23(28)26(34)31-16-21-13-24(32-35-21)19-8-5-4-6-9-19/h3-13,28H,14-16H2,1-2H3,(H2,29,30)(H,31,34)/b18-3-,20-12-,28-23?. The highest BCUT2D eigenvalue weighted by atomic mass is 16.5. The highest BCUT2D eigenvalue weighted by Gasteiger charge is 2.45. The monoisotopic (exact) mass is 469 g/mol. The number of amides is 1. The Morgan fingerprint density at radius 1 is 1.17 bits per heavy atom. The van der Waals surface area contributed by atoms with E-state index in [1.165, 1.54) is 6.08 Å². The molecule has 1 atom stereocenters. The lowest BCUT2D eigenvalue weighted by Gasteiger charge is -2.26. The van der Waals surface area contributed by atoms with Crippen LogP contribution in [0, 0.1) is 5.41 Å². The van der Waals surface area contributed by atoms with Crippen molar-refractivity contribution in [1.82, 2.24) is 15.5 Å². The Morgan fingerprint density at radius 2 is 1.91 bits per heavy atom. The van der Waals surface area contributed by atoms with Crippen LogP contribution in [0.4, 0.5) is 5.82 Å². The van der Waals surface area contributed by atoms with Crippen LogP contribution in [0.2, 0.25) is 0 Å². The highest BCUT2D eigenvalue weighted by Crippen LogP contribution is 2.49. The third kappa shape index (κ3) is 4.82. The number of carbonyl (C=O) groups is 2. The van der Waals surface area contributed by atoms with Gasteiger partial charge in [-0.15, -0.1) is 0 Å². The van der Waals surface area contributed by atoms with E-state index < -0.39 is 11.3 Å². The summed E-state index contributed by atoms with van der Waals surface area (Å²) in [5.74, 6) is 0.215. The minimum absolute atomic E-state index is 0.0320. The summed E-state index contributed by atoms with van der Waals surface area (Å²) < 4.78 is 5.32. The largest absolute Gasteiger partial charge is 0.383 e. The van der Waals surface area contributed by atoms with E-state index in [4.69, 9.17) is 15.7 Å². The van der Waals surface area contributed by atoms with Crippen molar-refractivity contribution >= 4 is 23.2 Å². The molecule has 1 aliphatic rings. The van der Waals surface area contributed by atoms with Crippen molar-refractivity contribution in [1.29, 1.82) is 5.41 Å². The Labute approximate surface area is 203 Å². The highest BCUT2D eigenvalue weighted by molar-refractivity contribution is 6.42. The van der Waals surface area contributed by atoms with E-state index in [9.17, 15) is 9.59 Å². The number of allylic oxidation sites excluding steroid dienone is 3. The minimum atomic E-state index is -0.865. The van der Waals surface area contributed by atoms with Crippen LogP contribution in [0.15, 0.2) is 82.5 Å². The molecule has 8 heteroatoms. The summed E-state index contributed by atoms with van der Waals surface area (Å²) in [5.41, 5.74) is 8.97. The maximum Gasteiger partial charge on any atom is 0.269 e. The fourth-order valence-electron chi connectivity index (χ4n) is 4.47. The number of nitrogens with one attached hydrogen (secondary N) is 2. The van der Waals surface area contributed by atoms with Gasteiger partial charge in [-0.05, 0) is 50.0 Å². The first-order valence-corrected chi connectivity index (χ1v) is 11.3. The van der Waals surface area contributed by atoms with E-state index in [1.807, 2.05) is 49.4 Å². The molecule has 0 saturated heterocycles. The van der Waals surface area contributed by atoms with Crippen molar-refractivity contribution in [3.8, 4) is 11.3 Å². The third-order valence-electron chi connectivity index (χ3n) is 6.39. The number of anilines is 1. The zero-order valence-electron chi connectivity index (χ0n) is 19.7. The van der Waals surface area contributed by atoms with Gasteiger partial charge in [0.05, 0.1) is 12.0 Å². The van der Waals surface area contributed by atoms with Gasteiger partial charge in [0.25, 0.3) is 5.91 Å². The van der Waals surface area contributed by atoms with E-state index in [1.54, 1.807) is 25.3 Å². The van der Waals surface area contributed by atoms with Gasteiger partial charge in [0.15, 0.2) is 5.76 Å². The van der Waals surface area contributed by atoms with Crippen molar-refractivity contribution in [2.24, 2.45) is 0 Å². The fourth-order valence-corrected chi connectivity index (χ4v) is 4.47. The topological polar surface area (TPSA) is 135 Å². The predicted molar refractivity (Wildman–Crippen MR) is 134 cm³/mol. The molecule has 1 unspecified atom stereocenters. The maximum absolute atomic E-state index is 12.8. The summed E-state index contributed by atoms with van der Waals surface area (Å²) in [4.78, 5) is 29.6. The lowest BCUT2D eigenvalue weighted by Crippen LogP contribution is -2.32. The molecule has 2 heterocycles. The Hall–Kier alpha value is -4.33. The van der Waals surface area contributed by atoms with Crippen LogP contribution in [0.1, 0.15) is 38.0 Å². The molecule has 1 amide bonds. The minimum Gasteiger partial charge on any atom is -0.383 e. The lowest BCUT2D eigenvalue weighted by atomic mass is 9.75. The summed E-state index contributed by atoms with van der Waals surface area (Å²) in [5, 5.41) is 15.1. The molecule has 178 valence electrons. The van der Waals surface area contributed by atoms with Gasteiger partial charge in [-0.3, -0.25) is 15.0 Å². The molecule has 1 aromatic carbocycles. The molecule has 0 aliphatic heterocycles. The number of hydrogen-bond acceptors (Lipinski definition) is 7. The van der Waals surface area contributed by atoms with Gasteiger partial charge < -0.3 is 15.6 Å². The number of rotatable bonds is 7. The van der Waals surface area contributed by atoms with Gasteiger partial charge in [-0.2, -0.15) is 0 Å². The van der Waals surface area contributed by atoms with Crippen LogP contribution < -0.4 is 11.1 Å². The number of Topliss-reactive ketones (excluding diaryl/α,β-unsaturated/α-hetero) is 1. The van der Waals surface area contributed by atoms with Crippen LogP contribution in [0.5, 0.6) is 0 Å². The first-order valence-electron chi connectivity index (χ1n) is 11.3. The number of carbonyl (C=O) groups excluding carboxylic acids is 2. The smallest absolute Gasteiger partial charge is 0.269 e. The molecule has 1 fully saturated rings. The van der Waals surface area contributed by atoms with Gasteiger partial charge >= 0.3 is 0 Å². The maximum atomic E-state index is 12.8. The zero-order valence-corrected chi connectivity index (χ0v) is 19.7. The lowest BCUT2D eigenvalue weighted by molar-refractivity contribution is -0.122. The Balaban J connectivity index is 1.48. The molecule has 1 aliphatic carbocycles. The van der Waals surface area contributed by atoms with Crippen molar-refractivity contribution in [2.45, 2.75) is 38.6 Å². The van der Waals surface area contributed by atoms with E-state index >= 15 is 0 Å². The average Bonchev–Trinajstić information content (AvgIpc) is 3.49. The third-order valence-corrected chi connectivity index (χ3v) is 6.39. The van der Waals surface area contributed by atoms with E-state index in [0.717, 1.165) is 16.7 Å². The second-order valence-corrected chi connectivity index (χ2v) is 8.55. The molecule has 0 radical (unpaired) electrons. The number of nitrogens with two attached hydrogens (primary N) is 1. The molecule has 8 nitrogen and oxygen atoms in total. The van der Waals surface area contributed by atoms with Crippen molar-refractivity contribution < 1.29 is 14.1 Å². The van der Waals surface area contributed by atoms with E-state index in [2.05, 4.69) is 15.5 Å². The van der Waals surface area contributed by atoms with Crippen LogP contribution in [0.3, 0.4) is 0 Å². The fraction of sp³-hybridized carbons (Fsp3) is 0.222. The Bertz CT molecular complexity index is 1340. The molecule has 4 rings (SSSR count). The molecule has 2 aromatic heterocycles. The molecular weight excluding hydrogens is 442 g/mol. The summed E-state index contributed by atoms with van der Waals surface area (Å²) in [7, 11) is 0. The van der Waals surface area contributed by atoms with Gasteiger partial charge in [-0.25, -0.2) is 4.98 Å². The van der Waals surface area contributed by atoms with Crippen LogP contribution in [-0.2, 0) is 21.5 Å². The first-order chi connectivity index (χ1) is 16.8. The first kappa shape index (κ1) is 23.8. The molecule has 1 saturated carbocycles. The quantitative estimate of drug-likeness (QED) is 0.445. The molecule has 4 N–H and O–H groups in total. The predicted octanol–water partition coefficient (Wildman–Crippen LogP) is 4.15. The normalized spacial score (nSPS) is 19.7. The van der Waals surface area contributed by atoms with Crippen molar-refractivity contribution in [3.63, 3.8) is 0 Å². The summed E-state index contributed by atoms with van der Waals surface area (Å²) in [6, 6.07) is 14.9. The summed E-state index contributed by atoms with van der Waals surface area (Å²) >= 11 is 0. The second-order valence-electron chi connectivity index (χ2n) is 8.55. The van der Waals surface area contributed by atoms with Crippen LogP contribution >= 0.6 is 0 Å². The summed E-state index contributed by atoms with van der Waals surface area (Å²) in [6.07, 6.45) is 5.81. The van der Waals surface area contributed by atoms with Gasteiger partial charge in [0.2, 0.25) is 0 Å². The van der Waals surface area contributed by atoms with E-state index in [-0.39, 0.29) is 18.0 Å². The number of nitrogen functional groups attached to an aromatic ring is 1. The average molecular weight is 470 g/mol. The van der Waals surface area contributed by atoms with Crippen molar-refractivity contribution in [3.05, 3.63) is 89.3 Å². The number of ketones is 1. The van der Waals surface area contributed by atoms with Gasteiger partial charge in [0, 0.05) is 23.4 Å². The van der Waals surface area contributed by atoms with Gasteiger partial charge in [0.1, 0.15) is 23.0 Å². The molecule has 3 aromatic rings. The van der Waals surface area contributed by atoms with Crippen LogP contribution in [-0.4, -0.2) is 27.5 Å². The number of hydrogen-bond donors (Lipinski definition) is 3. The Kier molecular flexibility index (Phi) is 6.73. The number of nitrogens with zero attached hydrogens (tertiary/aromatic N) is 2. The summed E-state index contributed by atoms with van der Waals surface area (Å²) in [6.45, 7) is 3.52. The van der Waals surface area contributed by atoms with Crippen LogP contribution in [0.25, 0.3) is 11.3 Å².